The first kappa shape index (κ1) is 16.4. The highest BCUT2D eigenvalue weighted by molar-refractivity contribution is 6.31. The minimum Gasteiger partial charge on any atom is -0.482 e. The van der Waals surface area contributed by atoms with Gasteiger partial charge in [0, 0.05) is 5.02 Å². The van der Waals surface area contributed by atoms with E-state index in [1.54, 1.807) is 30.3 Å². The summed E-state index contributed by atoms with van der Waals surface area (Å²) in [7, 11) is 0. The number of carbonyl (C=O) groups is 1. The third-order valence-corrected chi connectivity index (χ3v) is 3.60. The van der Waals surface area contributed by atoms with E-state index in [1.807, 2.05) is 19.1 Å². The Kier molecular flexibility index (Phi) is 5.84. The lowest BCUT2D eigenvalue weighted by Crippen LogP contribution is -2.17. The van der Waals surface area contributed by atoms with Crippen molar-refractivity contribution in [3.8, 4) is 11.5 Å². The van der Waals surface area contributed by atoms with Gasteiger partial charge in [-0.1, -0.05) is 37.1 Å². The Morgan fingerprint density at radius 3 is 2.41 bits per heavy atom. The molecule has 116 valence electrons. The van der Waals surface area contributed by atoms with Crippen LogP contribution >= 0.6 is 11.6 Å². The van der Waals surface area contributed by atoms with Crippen molar-refractivity contribution in [2.75, 3.05) is 6.61 Å². The lowest BCUT2D eigenvalue weighted by molar-refractivity contribution is -0.136. The molecule has 0 aliphatic carbocycles. The number of esters is 1. The van der Waals surface area contributed by atoms with Crippen LogP contribution in [0.2, 0.25) is 5.02 Å². The molecule has 22 heavy (non-hydrogen) atoms. The summed E-state index contributed by atoms with van der Waals surface area (Å²) < 4.78 is 10.6. The fraction of sp³-hybridized carbons (Fsp3) is 0.278. The highest BCUT2D eigenvalue weighted by atomic mass is 35.5. The smallest absolute Gasteiger partial charge is 0.349 e. The maximum absolute atomic E-state index is 11.8. The van der Waals surface area contributed by atoms with Gasteiger partial charge in [-0.05, 0) is 54.8 Å². The van der Waals surface area contributed by atoms with E-state index in [4.69, 9.17) is 21.1 Å². The van der Waals surface area contributed by atoms with Crippen LogP contribution in [-0.2, 0) is 11.2 Å². The molecule has 4 heteroatoms. The zero-order chi connectivity index (χ0) is 15.9. The molecule has 0 bridgehead atoms. The highest BCUT2D eigenvalue weighted by Crippen LogP contribution is 2.21. The third kappa shape index (κ3) is 4.78. The number of aryl methyl sites for hydroxylation is 2. The molecule has 0 aliphatic heterocycles. The minimum absolute atomic E-state index is 0.141. The van der Waals surface area contributed by atoms with E-state index in [-0.39, 0.29) is 6.61 Å². The molecule has 0 unspecified atom stereocenters. The maximum atomic E-state index is 11.8. The van der Waals surface area contributed by atoms with E-state index in [9.17, 15) is 4.79 Å². The lowest BCUT2D eigenvalue weighted by atomic mass is 10.1. The van der Waals surface area contributed by atoms with Crippen molar-refractivity contribution in [2.24, 2.45) is 0 Å². The van der Waals surface area contributed by atoms with Gasteiger partial charge >= 0.3 is 5.97 Å². The largest absolute Gasteiger partial charge is 0.482 e. The fourth-order valence-electron chi connectivity index (χ4n) is 2.02. The van der Waals surface area contributed by atoms with E-state index in [1.165, 1.54) is 5.56 Å². The first-order valence-electron chi connectivity index (χ1n) is 7.27. The molecule has 2 aromatic carbocycles. The Bertz CT molecular complexity index is 635. The molecule has 0 N–H and O–H groups in total. The normalized spacial score (nSPS) is 10.3. The van der Waals surface area contributed by atoms with E-state index >= 15 is 0 Å². The van der Waals surface area contributed by atoms with Crippen molar-refractivity contribution in [3.63, 3.8) is 0 Å². The zero-order valence-electron chi connectivity index (χ0n) is 12.8. The van der Waals surface area contributed by atoms with Crippen molar-refractivity contribution in [3.05, 3.63) is 58.6 Å². The van der Waals surface area contributed by atoms with Crippen molar-refractivity contribution in [2.45, 2.75) is 26.7 Å². The maximum Gasteiger partial charge on any atom is 0.349 e. The summed E-state index contributed by atoms with van der Waals surface area (Å²) in [6.07, 6.45) is 2.11. The summed E-state index contributed by atoms with van der Waals surface area (Å²) in [4.78, 5) is 11.8. The van der Waals surface area contributed by atoms with E-state index < -0.39 is 5.97 Å². The van der Waals surface area contributed by atoms with Crippen LogP contribution in [0.25, 0.3) is 0 Å². The molecule has 0 amide bonds. The van der Waals surface area contributed by atoms with Gasteiger partial charge in [-0.3, -0.25) is 0 Å². The first-order chi connectivity index (χ1) is 10.6. The molecule has 0 spiro atoms. The Balaban J connectivity index is 1.85. The van der Waals surface area contributed by atoms with Crippen LogP contribution in [0.1, 0.15) is 24.5 Å². The predicted octanol–water partition coefficient (Wildman–Crippen LogP) is 4.59. The molecule has 0 fully saturated rings. The summed E-state index contributed by atoms with van der Waals surface area (Å²) >= 11 is 5.94. The average molecular weight is 319 g/mol. The molecule has 0 aromatic heterocycles. The van der Waals surface area contributed by atoms with Crippen LogP contribution in [0.4, 0.5) is 0 Å². The Labute approximate surface area is 135 Å². The number of ether oxygens (including phenoxy) is 2. The van der Waals surface area contributed by atoms with Crippen LogP contribution < -0.4 is 9.47 Å². The molecular formula is C18H19ClO3. The molecule has 3 nitrogen and oxygen atoms in total. The summed E-state index contributed by atoms with van der Waals surface area (Å²) in [5, 5.41) is 0.669. The van der Waals surface area contributed by atoms with E-state index in [2.05, 4.69) is 6.92 Å². The van der Waals surface area contributed by atoms with Gasteiger partial charge in [0.2, 0.25) is 0 Å². The third-order valence-electron chi connectivity index (χ3n) is 3.18. The van der Waals surface area contributed by atoms with Crippen LogP contribution in [0.15, 0.2) is 42.5 Å². The van der Waals surface area contributed by atoms with Gasteiger partial charge in [-0.15, -0.1) is 0 Å². The molecule has 0 saturated carbocycles. The van der Waals surface area contributed by atoms with Crippen molar-refractivity contribution >= 4 is 17.6 Å². The summed E-state index contributed by atoms with van der Waals surface area (Å²) in [5.74, 6) is 0.689. The van der Waals surface area contributed by atoms with E-state index in [0.29, 0.717) is 16.5 Å². The molecule has 0 heterocycles. The van der Waals surface area contributed by atoms with Gasteiger partial charge in [-0.2, -0.15) is 0 Å². The number of carbonyl (C=O) groups excluding carboxylic acids is 1. The molecular weight excluding hydrogens is 300 g/mol. The van der Waals surface area contributed by atoms with Gasteiger partial charge in [-0.25, -0.2) is 4.79 Å². The van der Waals surface area contributed by atoms with Gasteiger partial charge in [0.15, 0.2) is 6.61 Å². The summed E-state index contributed by atoms with van der Waals surface area (Å²) in [6, 6.07) is 12.8. The Morgan fingerprint density at radius 1 is 1.09 bits per heavy atom. The average Bonchev–Trinajstić information content (AvgIpc) is 2.51. The van der Waals surface area contributed by atoms with E-state index in [0.717, 1.165) is 18.4 Å². The fourth-order valence-corrected chi connectivity index (χ4v) is 2.14. The zero-order valence-corrected chi connectivity index (χ0v) is 13.5. The number of rotatable bonds is 6. The molecule has 2 rings (SSSR count). The van der Waals surface area contributed by atoms with Crippen molar-refractivity contribution in [1.82, 2.24) is 0 Å². The van der Waals surface area contributed by atoms with Gasteiger partial charge in [0.05, 0.1) is 0 Å². The van der Waals surface area contributed by atoms with Gasteiger partial charge < -0.3 is 9.47 Å². The Morgan fingerprint density at radius 2 is 1.77 bits per heavy atom. The van der Waals surface area contributed by atoms with Crippen LogP contribution in [0.5, 0.6) is 11.5 Å². The molecule has 0 saturated heterocycles. The predicted molar refractivity (Wildman–Crippen MR) is 87.8 cm³/mol. The summed E-state index contributed by atoms with van der Waals surface area (Å²) in [5.41, 5.74) is 2.13. The van der Waals surface area contributed by atoms with Crippen LogP contribution in [0.3, 0.4) is 0 Å². The number of hydrogen-bond acceptors (Lipinski definition) is 3. The van der Waals surface area contributed by atoms with Gasteiger partial charge in [0.25, 0.3) is 0 Å². The number of benzene rings is 2. The van der Waals surface area contributed by atoms with Crippen LogP contribution in [-0.4, -0.2) is 12.6 Å². The quantitative estimate of drug-likeness (QED) is 0.577. The number of hydrogen-bond donors (Lipinski definition) is 0. The van der Waals surface area contributed by atoms with Gasteiger partial charge in [0.1, 0.15) is 11.5 Å². The topological polar surface area (TPSA) is 35.5 Å². The van der Waals surface area contributed by atoms with Crippen molar-refractivity contribution in [1.29, 1.82) is 0 Å². The van der Waals surface area contributed by atoms with Crippen LogP contribution in [0, 0.1) is 6.92 Å². The summed E-state index contributed by atoms with van der Waals surface area (Å²) in [6.45, 7) is 3.87. The molecule has 0 atom stereocenters. The molecule has 2 aromatic rings. The second-order valence-corrected chi connectivity index (χ2v) is 5.47. The Hall–Kier alpha value is -2.00. The molecule has 0 radical (unpaired) electrons. The lowest BCUT2D eigenvalue weighted by Gasteiger charge is -2.08. The van der Waals surface area contributed by atoms with Crippen molar-refractivity contribution < 1.29 is 14.3 Å². The SMILES string of the molecule is CCCc1ccc(OC(=O)COc2ccc(Cl)c(C)c2)cc1. The minimum atomic E-state index is -0.434. The highest BCUT2D eigenvalue weighted by Gasteiger charge is 2.07. The second kappa shape index (κ2) is 7.85. The second-order valence-electron chi connectivity index (χ2n) is 5.07. The first-order valence-corrected chi connectivity index (χ1v) is 7.65. The molecule has 0 aliphatic rings. The standard InChI is InChI=1S/C18H19ClO3/c1-3-4-14-5-7-15(8-6-14)22-18(20)12-21-16-9-10-17(19)13(2)11-16/h5-11H,3-4,12H2,1-2H3. The monoisotopic (exact) mass is 318 g/mol. The number of halogens is 1.